The van der Waals surface area contributed by atoms with Crippen LogP contribution < -0.4 is 0 Å². The van der Waals surface area contributed by atoms with Gasteiger partial charge in [-0.05, 0) is 47.2 Å². The van der Waals surface area contributed by atoms with E-state index in [1.54, 1.807) is 12.1 Å². The predicted molar refractivity (Wildman–Crippen MR) is 100 cm³/mol. The number of oxime groups is 1. The third kappa shape index (κ3) is 4.62. The lowest BCUT2D eigenvalue weighted by Crippen LogP contribution is -2.09. The molecule has 0 spiro atoms. The Labute approximate surface area is 157 Å². The van der Waals surface area contributed by atoms with Crippen LogP contribution in [0.3, 0.4) is 0 Å². The molecular weight excluding hydrogens is 355 g/mol. The van der Waals surface area contributed by atoms with Crippen LogP contribution >= 0.6 is 0 Å². The van der Waals surface area contributed by atoms with E-state index < -0.39 is 11.7 Å². The highest BCUT2D eigenvalue weighted by molar-refractivity contribution is 6.13. The van der Waals surface area contributed by atoms with E-state index in [1.165, 1.54) is 19.2 Å². The number of benzene rings is 2. The zero-order valence-corrected chi connectivity index (χ0v) is 16.1. The zero-order valence-electron chi connectivity index (χ0n) is 16.1. The van der Waals surface area contributed by atoms with Crippen molar-refractivity contribution in [2.45, 2.75) is 45.7 Å². The Morgan fingerprint density at radius 2 is 1.41 bits per heavy atom. The molecule has 0 unspecified atom stereocenters. The van der Waals surface area contributed by atoms with E-state index in [2.05, 4.69) is 5.16 Å². The molecule has 2 aromatic carbocycles. The second kappa shape index (κ2) is 8.03. The summed E-state index contributed by atoms with van der Waals surface area (Å²) in [6, 6.07) is 8.40. The lowest BCUT2D eigenvalue weighted by molar-refractivity contribution is -0.137. The van der Waals surface area contributed by atoms with Crippen LogP contribution in [0.15, 0.2) is 41.6 Å². The molecule has 0 aromatic heterocycles. The van der Waals surface area contributed by atoms with Gasteiger partial charge >= 0.3 is 6.18 Å². The van der Waals surface area contributed by atoms with Gasteiger partial charge in [0.25, 0.3) is 0 Å². The number of halogens is 3. The first-order valence-electron chi connectivity index (χ1n) is 8.72. The maximum absolute atomic E-state index is 12.8. The quantitative estimate of drug-likeness (QED) is 0.507. The van der Waals surface area contributed by atoms with Crippen molar-refractivity contribution in [3.63, 3.8) is 0 Å². The van der Waals surface area contributed by atoms with Crippen molar-refractivity contribution in [3.05, 3.63) is 64.2 Å². The van der Waals surface area contributed by atoms with Crippen LogP contribution in [-0.2, 0) is 11.0 Å². The average Bonchev–Trinajstić information content (AvgIpc) is 2.59. The molecule has 1 N–H and O–H groups in total. The number of hydrogen-bond acceptors (Lipinski definition) is 3. The minimum absolute atomic E-state index is 0.0684. The van der Waals surface area contributed by atoms with Crippen LogP contribution in [0.5, 0.6) is 5.75 Å². The first-order valence-corrected chi connectivity index (χ1v) is 8.72. The van der Waals surface area contributed by atoms with Crippen LogP contribution in [0.1, 0.15) is 67.3 Å². The summed E-state index contributed by atoms with van der Waals surface area (Å²) in [7, 11) is 1.39. The van der Waals surface area contributed by atoms with Gasteiger partial charge < -0.3 is 9.94 Å². The Morgan fingerprint density at radius 1 is 0.926 bits per heavy atom. The number of nitrogens with zero attached hydrogens (tertiary/aromatic N) is 1. The third-order valence-electron chi connectivity index (χ3n) is 4.35. The van der Waals surface area contributed by atoms with E-state index in [0.29, 0.717) is 16.8 Å². The van der Waals surface area contributed by atoms with E-state index in [0.717, 1.165) is 23.3 Å². The topological polar surface area (TPSA) is 41.8 Å². The molecule has 2 rings (SSSR count). The van der Waals surface area contributed by atoms with E-state index in [9.17, 15) is 18.3 Å². The van der Waals surface area contributed by atoms with Gasteiger partial charge in [-0.15, -0.1) is 0 Å². The van der Waals surface area contributed by atoms with Gasteiger partial charge in [0, 0.05) is 11.1 Å². The molecule has 0 saturated heterocycles. The Kier molecular flexibility index (Phi) is 6.19. The first-order chi connectivity index (χ1) is 12.6. The highest BCUT2D eigenvalue weighted by Crippen LogP contribution is 2.36. The van der Waals surface area contributed by atoms with Crippen molar-refractivity contribution in [2.24, 2.45) is 5.16 Å². The van der Waals surface area contributed by atoms with Gasteiger partial charge in [0.1, 0.15) is 18.6 Å². The number of phenols is 1. The summed E-state index contributed by atoms with van der Waals surface area (Å²) < 4.78 is 38.5. The molecule has 27 heavy (non-hydrogen) atoms. The lowest BCUT2D eigenvalue weighted by Gasteiger charge is -2.18. The zero-order chi connectivity index (χ0) is 20.4. The maximum Gasteiger partial charge on any atom is 0.416 e. The average molecular weight is 379 g/mol. The molecule has 0 heterocycles. The van der Waals surface area contributed by atoms with Crippen LogP contribution in [0, 0.1) is 0 Å². The molecule has 6 heteroatoms. The molecule has 0 radical (unpaired) electrons. The van der Waals surface area contributed by atoms with Crippen molar-refractivity contribution in [2.75, 3.05) is 7.11 Å². The first kappa shape index (κ1) is 20.8. The Morgan fingerprint density at radius 3 is 1.78 bits per heavy atom. The lowest BCUT2D eigenvalue weighted by atomic mass is 9.89. The van der Waals surface area contributed by atoms with Crippen molar-refractivity contribution in [3.8, 4) is 5.75 Å². The summed E-state index contributed by atoms with van der Waals surface area (Å²) in [5.41, 5.74) is 2.38. The summed E-state index contributed by atoms with van der Waals surface area (Å²) in [4.78, 5) is 4.94. The number of rotatable bonds is 5. The van der Waals surface area contributed by atoms with Gasteiger partial charge in [0.2, 0.25) is 0 Å². The van der Waals surface area contributed by atoms with E-state index in [4.69, 9.17) is 4.84 Å². The van der Waals surface area contributed by atoms with Gasteiger partial charge in [0.05, 0.1) is 5.56 Å². The molecule has 0 aliphatic rings. The predicted octanol–water partition coefficient (Wildman–Crippen LogP) is 6.06. The number of alkyl halides is 3. The molecule has 0 saturated carbocycles. The fourth-order valence-corrected chi connectivity index (χ4v) is 2.88. The highest BCUT2D eigenvalue weighted by atomic mass is 19.4. The summed E-state index contributed by atoms with van der Waals surface area (Å²) in [5, 5.41) is 14.6. The SMILES string of the molecule is CO/N=C(\c1ccc(C(F)(F)F)cc1)c1cc(C(C)C)c(O)c(C(C)C)c1. The monoisotopic (exact) mass is 379 g/mol. The van der Waals surface area contributed by atoms with Crippen molar-refractivity contribution in [1.29, 1.82) is 0 Å². The van der Waals surface area contributed by atoms with Crippen LogP contribution in [0.25, 0.3) is 0 Å². The van der Waals surface area contributed by atoms with E-state index in [1.807, 2.05) is 27.7 Å². The smallest absolute Gasteiger partial charge is 0.416 e. The number of phenolic OH excluding ortho intramolecular Hbond substituents is 1. The van der Waals surface area contributed by atoms with Crippen LogP contribution in [-0.4, -0.2) is 17.9 Å². The molecule has 0 aliphatic heterocycles. The molecule has 3 nitrogen and oxygen atoms in total. The van der Waals surface area contributed by atoms with Gasteiger partial charge in [0.15, 0.2) is 0 Å². The second-order valence-corrected chi connectivity index (χ2v) is 7.01. The van der Waals surface area contributed by atoms with Crippen molar-refractivity contribution in [1.82, 2.24) is 0 Å². The minimum atomic E-state index is -4.40. The number of aromatic hydroxyl groups is 1. The van der Waals surface area contributed by atoms with Gasteiger partial charge in [-0.3, -0.25) is 0 Å². The third-order valence-corrected chi connectivity index (χ3v) is 4.35. The Hall–Kier alpha value is -2.50. The molecule has 0 atom stereocenters. The van der Waals surface area contributed by atoms with E-state index >= 15 is 0 Å². The molecule has 0 bridgehead atoms. The van der Waals surface area contributed by atoms with Gasteiger partial charge in [-0.1, -0.05) is 45.0 Å². The van der Waals surface area contributed by atoms with E-state index in [-0.39, 0.29) is 17.6 Å². The van der Waals surface area contributed by atoms with Crippen molar-refractivity contribution < 1.29 is 23.1 Å². The van der Waals surface area contributed by atoms with Crippen LogP contribution in [0.2, 0.25) is 0 Å². The van der Waals surface area contributed by atoms with Crippen LogP contribution in [0.4, 0.5) is 13.2 Å². The van der Waals surface area contributed by atoms with Crippen molar-refractivity contribution >= 4 is 5.71 Å². The fourth-order valence-electron chi connectivity index (χ4n) is 2.88. The molecular formula is C21H24F3NO2. The van der Waals surface area contributed by atoms with Gasteiger partial charge in [-0.25, -0.2) is 0 Å². The number of hydrogen-bond donors (Lipinski definition) is 1. The molecule has 2 aromatic rings. The summed E-state index contributed by atoms with van der Waals surface area (Å²) in [6.07, 6.45) is -4.40. The molecule has 0 aliphatic carbocycles. The maximum atomic E-state index is 12.8. The largest absolute Gasteiger partial charge is 0.507 e. The summed E-state index contributed by atoms with van der Waals surface area (Å²) in [5.74, 6) is 0.380. The Bertz CT molecular complexity index is 793. The van der Waals surface area contributed by atoms with Gasteiger partial charge in [-0.2, -0.15) is 13.2 Å². The second-order valence-electron chi connectivity index (χ2n) is 7.01. The summed E-state index contributed by atoms with van der Waals surface area (Å²) in [6.45, 7) is 7.87. The normalized spacial score (nSPS) is 12.7. The summed E-state index contributed by atoms with van der Waals surface area (Å²) >= 11 is 0. The standard InChI is InChI=1S/C21H24F3NO2/c1-12(2)17-10-15(11-18(13(3)4)20(17)26)19(25-27-5)14-6-8-16(9-7-14)21(22,23)24/h6-13,26H,1-5H3/b25-19+. The Balaban J connectivity index is 2.62. The molecule has 146 valence electrons. The fraction of sp³-hybridized carbons (Fsp3) is 0.381. The molecule has 0 fully saturated rings. The minimum Gasteiger partial charge on any atom is -0.507 e. The molecule has 0 amide bonds. The highest BCUT2D eigenvalue weighted by Gasteiger charge is 2.30.